The minimum absolute atomic E-state index is 0.0234. The summed E-state index contributed by atoms with van der Waals surface area (Å²) in [6, 6.07) is -0.183. The number of hydrogen-bond acceptors (Lipinski definition) is 5. The molecule has 2 unspecified atom stereocenters. The van der Waals surface area contributed by atoms with Crippen LogP contribution in [0.4, 0.5) is 0 Å². The van der Waals surface area contributed by atoms with Gasteiger partial charge in [0.1, 0.15) is 17.1 Å². The Hall–Kier alpha value is -1.01. The van der Waals surface area contributed by atoms with E-state index in [1.54, 1.807) is 18.8 Å². The number of methoxy groups -OCH3 is 1. The molecular weight excluding hydrogens is 228 g/mol. The number of β-lactam (4-membered cyclic amide) rings is 1. The number of nitrogens with zero attached hydrogens (tertiary/aromatic N) is 1. The van der Waals surface area contributed by atoms with E-state index in [0.717, 1.165) is 11.3 Å². The highest BCUT2D eigenvalue weighted by Crippen LogP contribution is 2.40. The minimum Gasteiger partial charge on any atom is -0.464 e. The molecule has 1 N–H and O–H groups in total. The molecule has 0 aromatic heterocycles. The van der Waals surface area contributed by atoms with Crippen LogP contribution in [0, 0.1) is 0 Å². The number of ether oxygens (including phenoxy) is 1. The van der Waals surface area contributed by atoms with Gasteiger partial charge in [0.2, 0.25) is 5.91 Å². The molecule has 0 aliphatic carbocycles. The average molecular weight is 242 g/mol. The quantitative estimate of drug-likeness (QED) is 0.543. The zero-order valence-corrected chi connectivity index (χ0v) is 10.3. The molecule has 2 rings (SSSR count). The molecule has 1 fully saturated rings. The Morgan fingerprint density at radius 2 is 2.31 bits per heavy atom. The molecule has 0 aromatic rings. The number of hydrogen-bond donors (Lipinski definition) is 1. The van der Waals surface area contributed by atoms with Crippen molar-refractivity contribution < 1.29 is 14.3 Å². The van der Waals surface area contributed by atoms with Crippen molar-refractivity contribution in [2.75, 3.05) is 19.9 Å². The van der Waals surface area contributed by atoms with Gasteiger partial charge in [-0.2, -0.15) is 0 Å². The molecule has 0 spiro atoms. The van der Waals surface area contributed by atoms with Crippen LogP contribution in [-0.4, -0.2) is 48.1 Å². The number of fused-ring (bicyclic) bond motifs is 1. The van der Waals surface area contributed by atoms with Crippen LogP contribution in [0.15, 0.2) is 11.3 Å². The number of carbonyl (C=O) groups is 2. The first kappa shape index (κ1) is 11.5. The highest BCUT2D eigenvalue weighted by atomic mass is 32.2. The van der Waals surface area contributed by atoms with Gasteiger partial charge in [-0.3, -0.25) is 9.69 Å². The monoisotopic (exact) mass is 242 g/mol. The fourth-order valence-corrected chi connectivity index (χ4v) is 3.35. The van der Waals surface area contributed by atoms with E-state index < -0.39 is 5.97 Å². The van der Waals surface area contributed by atoms with Gasteiger partial charge in [-0.05, 0) is 19.5 Å². The van der Waals surface area contributed by atoms with Gasteiger partial charge >= 0.3 is 5.97 Å². The lowest BCUT2D eigenvalue weighted by atomic mass is 10.0. The number of likely N-dealkylation sites (N-methyl/N-ethyl adjacent to an activating group) is 1. The average Bonchev–Trinajstić information content (AvgIpc) is 2.29. The summed E-state index contributed by atoms with van der Waals surface area (Å²) in [6.07, 6.45) is 0. The molecule has 0 saturated carbocycles. The van der Waals surface area contributed by atoms with Crippen molar-refractivity contribution in [1.82, 2.24) is 10.2 Å². The van der Waals surface area contributed by atoms with Crippen molar-refractivity contribution in [2.45, 2.75) is 18.3 Å². The third kappa shape index (κ3) is 1.44. The zero-order valence-electron chi connectivity index (χ0n) is 9.44. The van der Waals surface area contributed by atoms with E-state index >= 15 is 0 Å². The Labute approximate surface area is 98.2 Å². The van der Waals surface area contributed by atoms with Crippen LogP contribution in [0.1, 0.15) is 6.92 Å². The maximum Gasteiger partial charge on any atom is 0.354 e. The van der Waals surface area contributed by atoms with Gasteiger partial charge < -0.3 is 10.1 Å². The van der Waals surface area contributed by atoms with Crippen LogP contribution in [-0.2, 0) is 14.3 Å². The molecule has 1 amide bonds. The number of amides is 1. The Balaban J connectivity index is 2.30. The fourth-order valence-electron chi connectivity index (χ4n) is 1.99. The first-order valence-corrected chi connectivity index (χ1v) is 6.06. The van der Waals surface area contributed by atoms with E-state index in [1.807, 2.05) is 6.92 Å². The molecule has 1 saturated heterocycles. The van der Waals surface area contributed by atoms with Gasteiger partial charge in [-0.25, -0.2) is 4.79 Å². The lowest BCUT2D eigenvalue weighted by molar-refractivity contribution is -0.150. The molecule has 2 heterocycles. The standard InChI is InChI=1S/C10H14N2O3S/c1-5-4-16-9-6(11-2)8(13)12(9)7(5)10(14)15-3/h6,9,11H,4H2,1-3H3. The molecule has 0 bridgehead atoms. The van der Waals surface area contributed by atoms with Crippen LogP contribution >= 0.6 is 11.8 Å². The first-order valence-electron chi connectivity index (χ1n) is 5.01. The molecular formula is C10H14N2O3S. The zero-order chi connectivity index (χ0) is 11.9. The van der Waals surface area contributed by atoms with Gasteiger partial charge in [0.15, 0.2) is 0 Å². The smallest absolute Gasteiger partial charge is 0.354 e. The summed E-state index contributed by atoms with van der Waals surface area (Å²) in [5.74, 6) is 0.280. The van der Waals surface area contributed by atoms with Gasteiger partial charge in [-0.15, -0.1) is 11.8 Å². The van der Waals surface area contributed by atoms with Crippen molar-refractivity contribution in [2.24, 2.45) is 0 Å². The summed E-state index contributed by atoms with van der Waals surface area (Å²) in [7, 11) is 3.09. The van der Waals surface area contributed by atoms with Crippen LogP contribution in [0.25, 0.3) is 0 Å². The highest BCUT2D eigenvalue weighted by Gasteiger charge is 2.52. The van der Waals surface area contributed by atoms with Crippen molar-refractivity contribution >= 4 is 23.6 Å². The van der Waals surface area contributed by atoms with Gasteiger partial charge in [-0.1, -0.05) is 0 Å². The minimum atomic E-state index is -0.425. The van der Waals surface area contributed by atoms with Crippen LogP contribution in [0.5, 0.6) is 0 Å². The molecule has 88 valence electrons. The summed E-state index contributed by atoms with van der Waals surface area (Å²) in [4.78, 5) is 25.0. The second-order valence-electron chi connectivity index (χ2n) is 3.80. The molecule has 2 aliphatic rings. The normalized spacial score (nSPS) is 28.7. The number of nitrogens with one attached hydrogen (secondary N) is 1. The van der Waals surface area contributed by atoms with Gasteiger partial charge in [0, 0.05) is 5.75 Å². The van der Waals surface area contributed by atoms with E-state index in [4.69, 9.17) is 4.74 Å². The summed E-state index contributed by atoms with van der Waals surface area (Å²) >= 11 is 1.67. The Morgan fingerprint density at radius 1 is 1.62 bits per heavy atom. The summed E-state index contributed by atoms with van der Waals surface area (Å²) in [6.45, 7) is 1.86. The van der Waals surface area contributed by atoms with Crippen LogP contribution < -0.4 is 5.32 Å². The summed E-state index contributed by atoms with van der Waals surface area (Å²) in [5.41, 5.74) is 1.32. The van der Waals surface area contributed by atoms with Crippen molar-refractivity contribution in [1.29, 1.82) is 0 Å². The SMILES string of the molecule is CNC1C(=O)N2C(C(=O)OC)=C(C)CSC12. The largest absolute Gasteiger partial charge is 0.464 e. The summed E-state index contributed by atoms with van der Waals surface area (Å²) in [5, 5.41) is 2.98. The third-order valence-electron chi connectivity index (χ3n) is 2.85. The fraction of sp³-hybridized carbons (Fsp3) is 0.600. The number of thioether (sulfide) groups is 1. The van der Waals surface area contributed by atoms with Crippen molar-refractivity contribution in [3.8, 4) is 0 Å². The Morgan fingerprint density at radius 3 is 2.88 bits per heavy atom. The third-order valence-corrected chi connectivity index (χ3v) is 4.27. The van der Waals surface area contributed by atoms with E-state index in [1.165, 1.54) is 12.0 Å². The van der Waals surface area contributed by atoms with E-state index in [2.05, 4.69) is 5.32 Å². The first-order chi connectivity index (χ1) is 7.61. The second-order valence-corrected chi connectivity index (χ2v) is 4.90. The number of carbonyl (C=O) groups excluding carboxylic acids is 2. The maximum atomic E-state index is 11.8. The van der Waals surface area contributed by atoms with Crippen molar-refractivity contribution in [3.63, 3.8) is 0 Å². The van der Waals surface area contributed by atoms with Crippen LogP contribution in [0.3, 0.4) is 0 Å². The summed E-state index contributed by atoms with van der Waals surface area (Å²) < 4.78 is 4.71. The van der Waals surface area contributed by atoms with E-state index in [0.29, 0.717) is 5.70 Å². The number of rotatable bonds is 2. The molecule has 6 heteroatoms. The number of esters is 1. The van der Waals surface area contributed by atoms with Crippen LogP contribution in [0.2, 0.25) is 0 Å². The predicted octanol–water partition coefficient (Wildman–Crippen LogP) is -0.0635. The molecule has 2 aliphatic heterocycles. The van der Waals surface area contributed by atoms with Crippen molar-refractivity contribution in [3.05, 3.63) is 11.3 Å². The lowest BCUT2D eigenvalue weighted by Crippen LogP contribution is -2.69. The molecule has 5 nitrogen and oxygen atoms in total. The Kier molecular flexibility index (Phi) is 2.94. The topological polar surface area (TPSA) is 58.6 Å². The second kappa shape index (κ2) is 4.10. The highest BCUT2D eigenvalue weighted by molar-refractivity contribution is 8.00. The maximum absolute atomic E-state index is 11.8. The molecule has 2 atom stereocenters. The molecule has 0 aromatic carbocycles. The van der Waals surface area contributed by atoms with Gasteiger partial charge in [0.25, 0.3) is 0 Å². The van der Waals surface area contributed by atoms with Gasteiger partial charge in [0.05, 0.1) is 7.11 Å². The predicted molar refractivity (Wildman–Crippen MR) is 60.7 cm³/mol. The Bertz CT molecular complexity index is 380. The lowest BCUT2D eigenvalue weighted by Gasteiger charge is -2.49. The van der Waals surface area contributed by atoms with E-state index in [9.17, 15) is 9.59 Å². The molecule has 0 radical (unpaired) electrons. The van der Waals surface area contributed by atoms with E-state index in [-0.39, 0.29) is 17.3 Å². The molecule has 16 heavy (non-hydrogen) atoms.